The van der Waals surface area contributed by atoms with Gasteiger partial charge in [-0.2, -0.15) is 5.10 Å². The van der Waals surface area contributed by atoms with Gasteiger partial charge in [0.15, 0.2) is 12.1 Å². The zero-order valence-electron chi connectivity index (χ0n) is 10.5. The van der Waals surface area contributed by atoms with Crippen molar-refractivity contribution in [3.63, 3.8) is 0 Å². The highest BCUT2D eigenvalue weighted by Crippen LogP contribution is 2.08. The van der Waals surface area contributed by atoms with E-state index in [1.54, 1.807) is 22.7 Å². The lowest BCUT2D eigenvalue weighted by Gasteiger charge is -2.19. The highest BCUT2D eigenvalue weighted by Gasteiger charge is 2.19. The van der Waals surface area contributed by atoms with Gasteiger partial charge >= 0.3 is 0 Å². The van der Waals surface area contributed by atoms with Crippen LogP contribution >= 0.6 is 0 Å². The Morgan fingerprint density at radius 3 is 2.94 bits per heavy atom. The van der Waals surface area contributed by atoms with Gasteiger partial charge in [0.05, 0.1) is 6.54 Å². The van der Waals surface area contributed by atoms with Crippen LogP contribution in [0.4, 0.5) is 0 Å². The maximum atomic E-state index is 12.2. The van der Waals surface area contributed by atoms with E-state index in [9.17, 15) is 4.79 Å². The summed E-state index contributed by atoms with van der Waals surface area (Å²) in [6.45, 7) is 5.58. The molecule has 0 aromatic carbocycles. The van der Waals surface area contributed by atoms with E-state index in [-0.39, 0.29) is 5.91 Å². The van der Waals surface area contributed by atoms with E-state index in [0.29, 0.717) is 31.1 Å². The zero-order chi connectivity index (χ0) is 13.0. The van der Waals surface area contributed by atoms with Crippen LogP contribution in [0.1, 0.15) is 23.2 Å². The molecule has 0 bridgehead atoms. The summed E-state index contributed by atoms with van der Waals surface area (Å²) in [5.41, 5.74) is 0.386. The Morgan fingerprint density at radius 1 is 1.56 bits per heavy atom. The highest BCUT2D eigenvalue weighted by molar-refractivity contribution is 5.93. The summed E-state index contributed by atoms with van der Waals surface area (Å²) < 4.78 is 6.85. The van der Waals surface area contributed by atoms with Crippen LogP contribution < -0.4 is 0 Å². The van der Waals surface area contributed by atoms with Gasteiger partial charge in [-0.3, -0.25) is 9.48 Å². The summed E-state index contributed by atoms with van der Waals surface area (Å²) in [7, 11) is 0. The molecule has 2 aromatic rings. The van der Waals surface area contributed by atoms with Crippen molar-refractivity contribution in [1.82, 2.24) is 19.7 Å². The second-order valence-electron chi connectivity index (χ2n) is 3.91. The number of hydrogen-bond acceptors (Lipinski definition) is 4. The summed E-state index contributed by atoms with van der Waals surface area (Å²) in [4.78, 5) is 17.9. The molecular formula is C12H16N4O2. The van der Waals surface area contributed by atoms with Crippen LogP contribution in [0.25, 0.3) is 0 Å². The van der Waals surface area contributed by atoms with Gasteiger partial charge < -0.3 is 9.32 Å². The Hall–Kier alpha value is -2.11. The highest BCUT2D eigenvalue weighted by atomic mass is 16.3. The molecule has 18 heavy (non-hydrogen) atoms. The lowest BCUT2D eigenvalue weighted by molar-refractivity contribution is 0.0750. The largest absolute Gasteiger partial charge is 0.448 e. The first-order valence-corrected chi connectivity index (χ1v) is 5.89. The molecule has 0 aliphatic rings. The average molecular weight is 248 g/mol. The van der Waals surface area contributed by atoms with Crippen molar-refractivity contribution in [1.29, 1.82) is 0 Å². The van der Waals surface area contributed by atoms with Crippen LogP contribution in [0, 0.1) is 6.92 Å². The number of hydrogen-bond donors (Lipinski definition) is 0. The predicted molar refractivity (Wildman–Crippen MR) is 65.0 cm³/mol. The van der Waals surface area contributed by atoms with E-state index in [4.69, 9.17) is 4.42 Å². The number of oxazole rings is 1. The minimum absolute atomic E-state index is 0.101. The number of carbonyl (C=O) groups excluding carboxylic acids is 1. The van der Waals surface area contributed by atoms with Crippen LogP contribution in [0.3, 0.4) is 0 Å². The maximum absolute atomic E-state index is 12.2. The lowest BCUT2D eigenvalue weighted by Crippen LogP contribution is -2.34. The van der Waals surface area contributed by atoms with Crippen molar-refractivity contribution in [2.45, 2.75) is 20.4 Å². The van der Waals surface area contributed by atoms with Gasteiger partial charge in [-0.05, 0) is 19.9 Å². The molecule has 0 unspecified atom stereocenters. The van der Waals surface area contributed by atoms with Gasteiger partial charge in [0, 0.05) is 25.5 Å². The molecule has 0 N–H and O–H groups in total. The molecule has 0 fully saturated rings. The molecule has 0 saturated heterocycles. The summed E-state index contributed by atoms with van der Waals surface area (Å²) >= 11 is 0. The molecule has 0 spiro atoms. The van der Waals surface area contributed by atoms with E-state index < -0.39 is 0 Å². The van der Waals surface area contributed by atoms with Crippen molar-refractivity contribution in [3.05, 3.63) is 36.3 Å². The molecule has 2 aromatic heterocycles. The molecule has 96 valence electrons. The fourth-order valence-corrected chi connectivity index (χ4v) is 1.72. The fraction of sp³-hybridized carbons (Fsp3) is 0.417. The quantitative estimate of drug-likeness (QED) is 0.801. The number of amides is 1. The van der Waals surface area contributed by atoms with Crippen LogP contribution in [0.5, 0.6) is 0 Å². The van der Waals surface area contributed by atoms with Gasteiger partial charge in [0.1, 0.15) is 5.76 Å². The first-order valence-electron chi connectivity index (χ1n) is 5.89. The van der Waals surface area contributed by atoms with Crippen molar-refractivity contribution in [3.8, 4) is 0 Å². The summed E-state index contributed by atoms with van der Waals surface area (Å²) in [5.74, 6) is 0.452. The predicted octanol–water partition coefficient (Wildman–Crippen LogP) is 1.34. The van der Waals surface area contributed by atoms with E-state index in [2.05, 4.69) is 10.1 Å². The third-order valence-electron chi connectivity index (χ3n) is 2.77. The van der Waals surface area contributed by atoms with Gasteiger partial charge in [-0.15, -0.1) is 0 Å². The molecule has 0 aliphatic heterocycles. The van der Waals surface area contributed by atoms with E-state index in [1.165, 1.54) is 6.39 Å². The second-order valence-corrected chi connectivity index (χ2v) is 3.91. The fourth-order valence-electron chi connectivity index (χ4n) is 1.72. The first-order chi connectivity index (χ1) is 8.72. The summed E-state index contributed by atoms with van der Waals surface area (Å²) in [6, 6.07) is 1.86. The SMILES string of the molecule is CCN(CCn1cccn1)C(=O)c1ncoc1C. The van der Waals surface area contributed by atoms with Crippen molar-refractivity contribution < 1.29 is 9.21 Å². The molecule has 6 nitrogen and oxygen atoms in total. The van der Waals surface area contributed by atoms with Gasteiger partial charge in [0.2, 0.25) is 0 Å². The first kappa shape index (κ1) is 12.3. The van der Waals surface area contributed by atoms with Crippen LogP contribution in [-0.2, 0) is 6.54 Å². The molecule has 0 radical (unpaired) electrons. The van der Waals surface area contributed by atoms with E-state index in [0.717, 1.165) is 0 Å². The van der Waals surface area contributed by atoms with Gasteiger partial charge in [-0.1, -0.05) is 0 Å². The number of rotatable bonds is 5. The van der Waals surface area contributed by atoms with Crippen LogP contribution in [-0.4, -0.2) is 38.7 Å². The molecule has 2 rings (SSSR count). The van der Waals surface area contributed by atoms with Crippen molar-refractivity contribution in [2.24, 2.45) is 0 Å². The summed E-state index contributed by atoms with van der Waals surface area (Å²) in [5, 5.41) is 4.11. The zero-order valence-corrected chi connectivity index (χ0v) is 10.5. The molecule has 2 heterocycles. The summed E-state index contributed by atoms with van der Waals surface area (Å²) in [6.07, 6.45) is 4.89. The van der Waals surface area contributed by atoms with E-state index >= 15 is 0 Å². The second kappa shape index (κ2) is 5.48. The maximum Gasteiger partial charge on any atom is 0.276 e. The molecule has 0 saturated carbocycles. The number of aryl methyl sites for hydroxylation is 1. The Morgan fingerprint density at radius 2 is 2.39 bits per heavy atom. The number of nitrogens with zero attached hydrogens (tertiary/aromatic N) is 4. The number of aromatic nitrogens is 3. The Balaban J connectivity index is 2.00. The molecular weight excluding hydrogens is 232 g/mol. The smallest absolute Gasteiger partial charge is 0.276 e. The third kappa shape index (κ3) is 2.58. The molecule has 6 heteroatoms. The molecule has 0 aliphatic carbocycles. The van der Waals surface area contributed by atoms with Crippen molar-refractivity contribution >= 4 is 5.91 Å². The third-order valence-corrected chi connectivity index (χ3v) is 2.77. The topological polar surface area (TPSA) is 64.2 Å². The molecule has 1 amide bonds. The lowest BCUT2D eigenvalue weighted by atomic mass is 10.3. The molecule has 0 atom stereocenters. The normalized spacial score (nSPS) is 10.6. The Bertz CT molecular complexity index is 504. The van der Waals surface area contributed by atoms with Crippen molar-refractivity contribution in [2.75, 3.05) is 13.1 Å². The number of carbonyl (C=O) groups is 1. The van der Waals surface area contributed by atoms with Crippen LogP contribution in [0.2, 0.25) is 0 Å². The van der Waals surface area contributed by atoms with Gasteiger partial charge in [-0.25, -0.2) is 4.98 Å². The van der Waals surface area contributed by atoms with Crippen LogP contribution in [0.15, 0.2) is 29.3 Å². The Kier molecular flexibility index (Phi) is 3.76. The Labute approximate surface area is 105 Å². The number of likely N-dealkylation sites (N-methyl/N-ethyl adjacent to an activating group) is 1. The standard InChI is InChI=1S/C12H16N4O2/c1-3-15(7-8-16-6-4-5-14-16)12(17)11-10(2)18-9-13-11/h4-6,9H,3,7-8H2,1-2H3. The average Bonchev–Trinajstić information content (AvgIpc) is 3.00. The monoisotopic (exact) mass is 248 g/mol. The van der Waals surface area contributed by atoms with E-state index in [1.807, 2.05) is 19.2 Å². The minimum Gasteiger partial charge on any atom is -0.448 e. The minimum atomic E-state index is -0.101. The van der Waals surface area contributed by atoms with Gasteiger partial charge in [0.25, 0.3) is 5.91 Å².